The van der Waals surface area contributed by atoms with Gasteiger partial charge in [-0.1, -0.05) is 19.1 Å². The molecule has 118 valence electrons. The molecule has 0 bridgehead atoms. The first-order valence-corrected chi connectivity index (χ1v) is 7.94. The molecule has 1 saturated heterocycles. The standard InChI is InChI=1S/C17H27NO3/c1-3-12-21-17-15(6-4-8-16(17)19-2)7-5-9-18-10-13-20-14-11-18/h4,6,8H,3,5,7,9-14H2,1-2H3. The minimum absolute atomic E-state index is 0.733. The maximum Gasteiger partial charge on any atom is 0.164 e. The van der Waals surface area contributed by atoms with E-state index < -0.39 is 0 Å². The van der Waals surface area contributed by atoms with Gasteiger partial charge in [0.2, 0.25) is 0 Å². The number of hydrogen-bond donors (Lipinski definition) is 0. The van der Waals surface area contributed by atoms with E-state index in [0.29, 0.717) is 0 Å². The Labute approximate surface area is 128 Å². The Hall–Kier alpha value is -1.26. The van der Waals surface area contributed by atoms with E-state index in [9.17, 15) is 0 Å². The Kier molecular flexibility index (Phi) is 6.83. The van der Waals surface area contributed by atoms with Crippen molar-refractivity contribution < 1.29 is 14.2 Å². The van der Waals surface area contributed by atoms with E-state index in [0.717, 1.165) is 70.2 Å². The second-order valence-electron chi connectivity index (χ2n) is 5.35. The van der Waals surface area contributed by atoms with Gasteiger partial charge in [-0.05, 0) is 37.4 Å². The van der Waals surface area contributed by atoms with Gasteiger partial charge in [0.05, 0.1) is 26.9 Å². The fraction of sp³-hybridized carbons (Fsp3) is 0.647. The van der Waals surface area contributed by atoms with Crippen molar-refractivity contribution in [3.05, 3.63) is 23.8 Å². The molecule has 0 aliphatic carbocycles. The highest BCUT2D eigenvalue weighted by molar-refractivity contribution is 5.46. The summed E-state index contributed by atoms with van der Waals surface area (Å²) in [4.78, 5) is 2.47. The molecule has 2 rings (SSSR count). The lowest BCUT2D eigenvalue weighted by atomic mass is 10.1. The predicted molar refractivity (Wildman–Crippen MR) is 84.4 cm³/mol. The van der Waals surface area contributed by atoms with Crippen LogP contribution in [0.25, 0.3) is 0 Å². The van der Waals surface area contributed by atoms with Crippen LogP contribution in [0.2, 0.25) is 0 Å². The lowest BCUT2D eigenvalue weighted by Crippen LogP contribution is -2.36. The van der Waals surface area contributed by atoms with Gasteiger partial charge in [0.15, 0.2) is 11.5 Å². The van der Waals surface area contributed by atoms with Crippen LogP contribution < -0.4 is 9.47 Å². The SMILES string of the molecule is CCCOc1c(CCCN2CCOCC2)cccc1OC. The van der Waals surface area contributed by atoms with Crippen LogP contribution >= 0.6 is 0 Å². The third-order valence-electron chi connectivity index (χ3n) is 3.76. The average Bonchev–Trinajstić information content (AvgIpc) is 2.54. The Bertz CT molecular complexity index is 416. The monoisotopic (exact) mass is 293 g/mol. The van der Waals surface area contributed by atoms with Crippen molar-refractivity contribution in [2.75, 3.05) is 46.6 Å². The summed E-state index contributed by atoms with van der Waals surface area (Å²) in [6, 6.07) is 6.16. The molecule has 0 radical (unpaired) electrons. The Balaban J connectivity index is 1.91. The predicted octanol–water partition coefficient (Wildman–Crippen LogP) is 2.75. The second kappa shape index (κ2) is 8.90. The first kappa shape index (κ1) is 16.1. The van der Waals surface area contributed by atoms with Crippen molar-refractivity contribution in [1.29, 1.82) is 0 Å². The van der Waals surface area contributed by atoms with E-state index in [1.165, 1.54) is 5.56 Å². The number of methoxy groups -OCH3 is 1. The molecule has 0 saturated carbocycles. The lowest BCUT2D eigenvalue weighted by Gasteiger charge is -2.26. The topological polar surface area (TPSA) is 30.9 Å². The molecule has 0 spiro atoms. The molecule has 1 aliphatic rings. The lowest BCUT2D eigenvalue weighted by molar-refractivity contribution is 0.0374. The van der Waals surface area contributed by atoms with Crippen LogP contribution in [0.4, 0.5) is 0 Å². The number of aryl methyl sites for hydroxylation is 1. The molecule has 1 heterocycles. The van der Waals surface area contributed by atoms with Gasteiger partial charge in [0, 0.05) is 13.1 Å². The van der Waals surface area contributed by atoms with Gasteiger partial charge in [-0.3, -0.25) is 4.90 Å². The zero-order valence-electron chi connectivity index (χ0n) is 13.3. The summed E-state index contributed by atoms with van der Waals surface area (Å²) in [6.45, 7) is 7.81. The zero-order valence-corrected chi connectivity index (χ0v) is 13.3. The highest BCUT2D eigenvalue weighted by Gasteiger charge is 2.12. The van der Waals surface area contributed by atoms with E-state index in [4.69, 9.17) is 14.2 Å². The number of para-hydroxylation sites is 1. The summed E-state index contributed by atoms with van der Waals surface area (Å²) >= 11 is 0. The quantitative estimate of drug-likeness (QED) is 0.737. The van der Waals surface area contributed by atoms with Gasteiger partial charge < -0.3 is 14.2 Å². The van der Waals surface area contributed by atoms with Crippen molar-refractivity contribution in [1.82, 2.24) is 4.90 Å². The first-order chi connectivity index (χ1) is 10.3. The molecule has 0 amide bonds. The number of nitrogens with zero attached hydrogens (tertiary/aromatic N) is 1. The summed E-state index contributed by atoms with van der Waals surface area (Å²) < 4.78 is 16.7. The van der Waals surface area contributed by atoms with Gasteiger partial charge in [-0.15, -0.1) is 0 Å². The van der Waals surface area contributed by atoms with E-state index in [2.05, 4.69) is 17.9 Å². The molecule has 4 heteroatoms. The maximum atomic E-state index is 5.89. The Morgan fingerprint density at radius 1 is 1.24 bits per heavy atom. The fourth-order valence-electron chi connectivity index (χ4n) is 2.60. The summed E-state index contributed by atoms with van der Waals surface area (Å²) in [5.74, 6) is 1.76. The molecule has 1 aromatic rings. The van der Waals surface area contributed by atoms with Gasteiger partial charge in [-0.25, -0.2) is 0 Å². The van der Waals surface area contributed by atoms with Crippen molar-refractivity contribution in [3.8, 4) is 11.5 Å². The van der Waals surface area contributed by atoms with Crippen molar-refractivity contribution in [3.63, 3.8) is 0 Å². The third-order valence-corrected chi connectivity index (χ3v) is 3.76. The molecular formula is C17H27NO3. The van der Waals surface area contributed by atoms with Crippen molar-refractivity contribution in [2.24, 2.45) is 0 Å². The fourth-order valence-corrected chi connectivity index (χ4v) is 2.60. The molecule has 21 heavy (non-hydrogen) atoms. The summed E-state index contributed by atoms with van der Waals surface area (Å²) in [5.41, 5.74) is 1.25. The largest absolute Gasteiger partial charge is 0.493 e. The minimum Gasteiger partial charge on any atom is -0.493 e. The zero-order chi connectivity index (χ0) is 14.9. The van der Waals surface area contributed by atoms with Gasteiger partial charge in [0.1, 0.15) is 0 Å². The molecule has 0 atom stereocenters. The third kappa shape index (κ3) is 4.90. The summed E-state index contributed by atoms with van der Waals surface area (Å²) in [6.07, 6.45) is 3.16. The Morgan fingerprint density at radius 3 is 2.76 bits per heavy atom. The molecule has 0 unspecified atom stereocenters. The molecule has 0 N–H and O–H groups in total. The highest BCUT2D eigenvalue weighted by Crippen LogP contribution is 2.32. The molecular weight excluding hydrogens is 266 g/mol. The van der Waals surface area contributed by atoms with Crippen LogP contribution in [-0.4, -0.2) is 51.5 Å². The molecule has 0 aromatic heterocycles. The molecule has 4 nitrogen and oxygen atoms in total. The summed E-state index contributed by atoms with van der Waals surface area (Å²) in [5, 5.41) is 0. The van der Waals surface area contributed by atoms with Crippen LogP contribution in [0.15, 0.2) is 18.2 Å². The number of rotatable bonds is 8. The van der Waals surface area contributed by atoms with E-state index in [1.54, 1.807) is 7.11 Å². The van der Waals surface area contributed by atoms with Crippen LogP contribution in [0.3, 0.4) is 0 Å². The van der Waals surface area contributed by atoms with Crippen molar-refractivity contribution >= 4 is 0 Å². The van der Waals surface area contributed by atoms with E-state index >= 15 is 0 Å². The first-order valence-electron chi connectivity index (χ1n) is 7.94. The van der Waals surface area contributed by atoms with E-state index in [-0.39, 0.29) is 0 Å². The van der Waals surface area contributed by atoms with Crippen LogP contribution in [0.5, 0.6) is 11.5 Å². The highest BCUT2D eigenvalue weighted by atomic mass is 16.5. The molecule has 1 fully saturated rings. The van der Waals surface area contributed by atoms with Crippen LogP contribution in [0.1, 0.15) is 25.3 Å². The van der Waals surface area contributed by atoms with Crippen LogP contribution in [-0.2, 0) is 11.2 Å². The average molecular weight is 293 g/mol. The van der Waals surface area contributed by atoms with Crippen molar-refractivity contribution in [2.45, 2.75) is 26.2 Å². The molecule has 1 aromatic carbocycles. The number of ether oxygens (including phenoxy) is 3. The number of benzene rings is 1. The number of morpholine rings is 1. The summed E-state index contributed by atoms with van der Waals surface area (Å²) in [7, 11) is 1.70. The van der Waals surface area contributed by atoms with Gasteiger partial charge in [0.25, 0.3) is 0 Å². The Morgan fingerprint density at radius 2 is 2.05 bits per heavy atom. The maximum absolute atomic E-state index is 5.89. The van der Waals surface area contributed by atoms with E-state index in [1.807, 2.05) is 12.1 Å². The smallest absolute Gasteiger partial charge is 0.164 e. The number of hydrogen-bond acceptors (Lipinski definition) is 4. The second-order valence-corrected chi connectivity index (χ2v) is 5.35. The minimum atomic E-state index is 0.733. The van der Waals surface area contributed by atoms with Gasteiger partial charge in [-0.2, -0.15) is 0 Å². The van der Waals surface area contributed by atoms with Crippen LogP contribution in [0, 0.1) is 0 Å². The van der Waals surface area contributed by atoms with Gasteiger partial charge >= 0.3 is 0 Å². The normalized spacial score (nSPS) is 15.9. The molecule has 1 aliphatic heterocycles.